The van der Waals surface area contributed by atoms with Crippen LogP contribution in [0.4, 0.5) is 0 Å². The van der Waals surface area contributed by atoms with Crippen molar-refractivity contribution >= 4 is 0 Å². The van der Waals surface area contributed by atoms with Crippen molar-refractivity contribution < 1.29 is 4.74 Å². The van der Waals surface area contributed by atoms with E-state index in [2.05, 4.69) is 9.97 Å². The lowest BCUT2D eigenvalue weighted by Crippen LogP contribution is -2.15. The molecule has 1 N–H and O–H groups in total. The van der Waals surface area contributed by atoms with Gasteiger partial charge in [-0.05, 0) is 12.8 Å². The molecule has 0 atom stereocenters. The Labute approximate surface area is 95.1 Å². The first-order valence-electron chi connectivity index (χ1n) is 5.88. The first kappa shape index (κ1) is 11.3. The van der Waals surface area contributed by atoms with E-state index < -0.39 is 0 Å². The van der Waals surface area contributed by atoms with Crippen LogP contribution >= 0.6 is 0 Å². The second kappa shape index (κ2) is 5.25. The zero-order valence-corrected chi connectivity index (χ0v) is 9.66. The molecule has 0 unspecified atom stereocenters. The van der Waals surface area contributed by atoms with Crippen molar-refractivity contribution in [3.63, 3.8) is 0 Å². The standard InChI is InChI=1S/C12H18N2O2/c1-16-7-6-11-13-10(8-12(15)14-11)9-4-2-3-5-9/h8-9H,2-7H2,1H3,(H,13,14,15). The molecule has 0 bridgehead atoms. The molecular formula is C12H18N2O2. The second-order valence-corrected chi connectivity index (χ2v) is 4.34. The number of ether oxygens (including phenoxy) is 1. The first-order chi connectivity index (χ1) is 7.79. The van der Waals surface area contributed by atoms with Gasteiger partial charge in [0.25, 0.3) is 5.56 Å². The molecular weight excluding hydrogens is 204 g/mol. The van der Waals surface area contributed by atoms with Crippen LogP contribution in [0.3, 0.4) is 0 Å². The molecule has 1 saturated carbocycles. The quantitative estimate of drug-likeness (QED) is 0.842. The summed E-state index contributed by atoms with van der Waals surface area (Å²) in [6.45, 7) is 0.594. The average molecular weight is 222 g/mol. The van der Waals surface area contributed by atoms with E-state index in [-0.39, 0.29) is 5.56 Å². The van der Waals surface area contributed by atoms with Gasteiger partial charge in [0.2, 0.25) is 0 Å². The molecule has 0 aliphatic heterocycles. The summed E-state index contributed by atoms with van der Waals surface area (Å²) in [4.78, 5) is 18.8. The SMILES string of the molecule is COCCc1nc(C2CCCC2)cc(=O)[nH]1. The van der Waals surface area contributed by atoms with Crippen LogP contribution in [0.25, 0.3) is 0 Å². The molecule has 4 heteroatoms. The minimum absolute atomic E-state index is 0.0389. The van der Waals surface area contributed by atoms with Gasteiger partial charge in [0, 0.05) is 25.5 Å². The van der Waals surface area contributed by atoms with Crippen molar-refractivity contribution in [3.8, 4) is 0 Å². The molecule has 1 heterocycles. The normalized spacial score (nSPS) is 16.8. The van der Waals surface area contributed by atoms with Crippen molar-refractivity contribution in [2.24, 2.45) is 0 Å². The number of methoxy groups -OCH3 is 1. The fourth-order valence-electron chi connectivity index (χ4n) is 2.28. The molecule has 1 aromatic heterocycles. The maximum absolute atomic E-state index is 11.5. The predicted molar refractivity (Wildman–Crippen MR) is 61.6 cm³/mol. The summed E-state index contributed by atoms with van der Waals surface area (Å²) < 4.78 is 4.99. The van der Waals surface area contributed by atoms with Crippen LogP contribution in [-0.2, 0) is 11.2 Å². The highest BCUT2D eigenvalue weighted by Crippen LogP contribution is 2.32. The number of hydrogen-bond acceptors (Lipinski definition) is 3. The van der Waals surface area contributed by atoms with Crippen LogP contribution in [0, 0.1) is 0 Å². The Morgan fingerprint density at radius 1 is 1.50 bits per heavy atom. The Bertz CT molecular complexity index is 394. The molecule has 1 aromatic rings. The average Bonchev–Trinajstić information content (AvgIpc) is 2.79. The molecule has 0 amide bonds. The van der Waals surface area contributed by atoms with Crippen molar-refractivity contribution in [1.29, 1.82) is 0 Å². The lowest BCUT2D eigenvalue weighted by atomic mass is 10.0. The molecule has 1 fully saturated rings. The second-order valence-electron chi connectivity index (χ2n) is 4.34. The lowest BCUT2D eigenvalue weighted by molar-refractivity contribution is 0.200. The first-order valence-corrected chi connectivity index (χ1v) is 5.88. The summed E-state index contributed by atoms with van der Waals surface area (Å²) in [7, 11) is 1.65. The Hall–Kier alpha value is -1.16. The number of nitrogens with one attached hydrogen (secondary N) is 1. The van der Waals surface area contributed by atoms with Gasteiger partial charge in [-0.1, -0.05) is 12.8 Å². The molecule has 0 spiro atoms. The summed E-state index contributed by atoms with van der Waals surface area (Å²) >= 11 is 0. The van der Waals surface area contributed by atoms with E-state index in [1.165, 1.54) is 25.7 Å². The number of aromatic amines is 1. The monoisotopic (exact) mass is 222 g/mol. The largest absolute Gasteiger partial charge is 0.384 e. The molecule has 2 rings (SSSR count). The van der Waals surface area contributed by atoms with Gasteiger partial charge in [-0.3, -0.25) is 4.79 Å². The van der Waals surface area contributed by atoms with Crippen molar-refractivity contribution in [2.75, 3.05) is 13.7 Å². The third kappa shape index (κ3) is 2.70. The predicted octanol–water partition coefficient (Wildman–Crippen LogP) is 1.62. The maximum atomic E-state index is 11.5. The van der Waals surface area contributed by atoms with E-state index >= 15 is 0 Å². The lowest BCUT2D eigenvalue weighted by Gasteiger charge is -2.09. The molecule has 88 valence electrons. The van der Waals surface area contributed by atoms with E-state index in [0.29, 0.717) is 18.9 Å². The van der Waals surface area contributed by atoms with Crippen molar-refractivity contribution in [2.45, 2.75) is 38.0 Å². The van der Waals surface area contributed by atoms with Gasteiger partial charge in [-0.25, -0.2) is 4.98 Å². The summed E-state index contributed by atoms with van der Waals surface area (Å²) in [5, 5.41) is 0. The molecule has 4 nitrogen and oxygen atoms in total. The zero-order valence-electron chi connectivity index (χ0n) is 9.66. The molecule has 0 saturated heterocycles. The van der Waals surface area contributed by atoms with Gasteiger partial charge in [0.15, 0.2) is 0 Å². The van der Waals surface area contributed by atoms with E-state index in [9.17, 15) is 4.79 Å². The summed E-state index contributed by atoms with van der Waals surface area (Å²) in [5.41, 5.74) is 0.926. The van der Waals surface area contributed by atoms with Crippen LogP contribution in [0.1, 0.15) is 43.1 Å². The summed E-state index contributed by atoms with van der Waals surface area (Å²) in [5.74, 6) is 1.24. The van der Waals surface area contributed by atoms with E-state index in [1.807, 2.05) is 0 Å². The van der Waals surface area contributed by atoms with Gasteiger partial charge in [-0.2, -0.15) is 0 Å². The number of nitrogens with zero attached hydrogens (tertiary/aromatic N) is 1. The number of rotatable bonds is 4. The Morgan fingerprint density at radius 3 is 2.94 bits per heavy atom. The Balaban J connectivity index is 2.17. The molecule has 1 aliphatic carbocycles. The number of hydrogen-bond donors (Lipinski definition) is 1. The maximum Gasteiger partial charge on any atom is 0.251 e. The minimum atomic E-state index is -0.0389. The van der Waals surface area contributed by atoms with Crippen LogP contribution in [0.15, 0.2) is 10.9 Å². The van der Waals surface area contributed by atoms with Gasteiger partial charge in [-0.15, -0.1) is 0 Å². The van der Waals surface area contributed by atoms with Gasteiger partial charge in [0.05, 0.1) is 12.3 Å². The summed E-state index contributed by atoms with van der Waals surface area (Å²) in [6.07, 6.45) is 5.52. The highest BCUT2D eigenvalue weighted by atomic mass is 16.5. The topological polar surface area (TPSA) is 55.0 Å². The number of H-pyrrole nitrogens is 1. The van der Waals surface area contributed by atoms with E-state index in [1.54, 1.807) is 13.2 Å². The molecule has 16 heavy (non-hydrogen) atoms. The van der Waals surface area contributed by atoms with Crippen molar-refractivity contribution in [3.05, 3.63) is 27.9 Å². The van der Waals surface area contributed by atoms with Gasteiger partial charge >= 0.3 is 0 Å². The summed E-state index contributed by atoms with van der Waals surface area (Å²) in [6, 6.07) is 1.65. The highest BCUT2D eigenvalue weighted by molar-refractivity contribution is 5.10. The van der Waals surface area contributed by atoms with Crippen LogP contribution in [0.5, 0.6) is 0 Å². The number of aromatic nitrogens is 2. The fourth-order valence-corrected chi connectivity index (χ4v) is 2.28. The third-order valence-corrected chi connectivity index (χ3v) is 3.13. The zero-order chi connectivity index (χ0) is 11.4. The molecule has 1 aliphatic rings. The van der Waals surface area contributed by atoms with Crippen molar-refractivity contribution in [1.82, 2.24) is 9.97 Å². The van der Waals surface area contributed by atoms with E-state index in [4.69, 9.17) is 4.74 Å². The van der Waals surface area contributed by atoms with E-state index in [0.717, 1.165) is 11.5 Å². The van der Waals surface area contributed by atoms with Crippen LogP contribution in [-0.4, -0.2) is 23.7 Å². The van der Waals surface area contributed by atoms with Gasteiger partial charge < -0.3 is 9.72 Å². The fraction of sp³-hybridized carbons (Fsp3) is 0.667. The molecule has 0 radical (unpaired) electrons. The molecule has 0 aromatic carbocycles. The smallest absolute Gasteiger partial charge is 0.251 e. The Kier molecular flexibility index (Phi) is 3.72. The Morgan fingerprint density at radius 2 is 2.25 bits per heavy atom. The third-order valence-electron chi connectivity index (χ3n) is 3.13. The van der Waals surface area contributed by atoms with Gasteiger partial charge in [0.1, 0.15) is 5.82 Å². The van der Waals surface area contributed by atoms with Crippen LogP contribution in [0.2, 0.25) is 0 Å². The minimum Gasteiger partial charge on any atom is -0.384 e. The highest BCUT2D eigenvalue weighted by Gasteiger charge is 2.19. The van der Waals surface area contributed by atoms with Crippen LogP contribution < -0.4 is 5.56 Å².